The van der Waals surface area contributed by atoms with Crippen LogP contribution in [-0.2, 0) is 11.3 Å². The van der Waals surface area contributed by atoms with Gasteiger partial charge in [0.05, 0.1) is 5.69 Å². The first kappa shape index (κ1) is 15.6. The van der Waals surface area contributed by atoms with Gasteiger partial charge >= 0.3 is 0 Å². The molecule has 0 saturated carbocycles. The van der Waals surface area contributed by atoms with Gasteiger partial charge in [-0.3, -0.25) is 9.80 Å². The lowest BCUT2D eigenvalue weighted by Gasteiger charge is -2.30. The summed E-state index contributed by atoms with van der Waals surface area (Å²) in [6, 6.07) is 1.49. The van der Waals surface area contributed by atoms with Crippen LogP contribution in [0.4, 0.5) is 0 Å². The number of hydrogen-bond donors (Lipinski definition) is 0. The van der Waals surface area contributed by atoms with Crippen molar-refractivity contribution in [3.8, 4) is 0 Å². The second-order valence-corrected chi connectivity index (χ2v) is 7.54. The van der Waals surface area contributed by atoms with Crippen LogP contribution in [0.5, 0.6) is 0 Å². The number of aromatic nitrogens is 1. The van der Waals surface area contributed by atoms with Gasteiger partial charge in [-0.2, -0.15) is 0 Å². The van der Waals surface area contributed by atoms with Gasteiger partial charge in [0.25, 0.3) is 0 Å². The normalized spacial score (nSPS) is 30.2. The summed E-state index contributed by atoms with van der Waals surface area (Å²) in [5.41, 5.74) is 2.36. The molecule has 0 N–H and O–H groups in total. The SMILES string of the molecule is Cc1noc(C)c1CN1CC[C@@H]2[C@@H]1CCN2CC1CCOCC1. The van der Waals surface area contributed by atoms with Crippen molar-refractivity contribution in [2.24, 2.45) is 5.92 Å². The van der Waals surface area contributed by atoms with Crippen LogP contribution in [0.15, 0.2) is 4.52 Å². The van der Waals surface area contributed by atoms with E-state index in [9.17, 15) is 0 Å². The van der Waals surface area contributed by atoms with Gasteiger partial charge in [0.2, 0.25) is 0 Å². The zero-order valence-electron chi connectivity index (χ0n) is 14.5. The lowest BCUT2D eigenvalue weighted by atomic mass is 9.99. The minimum Gasteiger partial charge on any atom is -0.381 e. The van der Waals surface area contributed by atoms with Gasteiger partial charge in [-0.15, -0.1) is 0 Å². The molecule has 0 amide bonds. The van der Waals surface area contributed by atoms with Gasteiger partial charge < -0.3 is 9.26 Å². The summed E-state index contributed by atoms with van der Waals surface area (Å²) in [6.07, 6.45) is 5.13. The highest BCUT2D eigenvalue weighted by Crippen LogP contribution is 2.34. The maximum Gasteiger partial charge on any atom is 0.138 e. The van der Waals surface area contributed by atoms with Crippen molar-refractivity contribution < 1.29 is 9.26 Å². The fraction of sp³-hybridized carbons (Fsp3) is 0.833. The number of nitrogens with zero attached hydrogens (tertiary/aromatic N) is 3. The Morgan fingerprint density at radius 1 is 1.00 bits per heavy atom. The van der Waals surface area contributed by atoms with E-state index in [1.165, 1.54) is 50.9 Å². The lowest BCUT2D eigenvalue weighted by molar-refractivity contribution is 0.0504. The maximum absolute atomic E-state index is 5.51. The summed E-state index contributed by atoms with van der Waals surface area (Å²) in [7, 11) is 0. The van der Waals surface area contributed by atoms with Crippen molar-refractivity contribution in [1.82, 2.24) is 15.0 Å². The van der Waals surface area contributed by atoms with Gasteiger partial charge in [0, 0.05) is 57.0 Å². The van der Waals surface area contributed by atoms with Crippen LogP contribution in [0.1, 0.15) is 42.7 Å². The molecule has 0 aromatic carbocycles. The molecule has 0 bridgehead atoms. The smallest absolute Gasteiger partial charge is 0.138 e. The van der Waals surface area contributed by atoms with E-state index in [-0.39, 0.29) is 0 Å². The van der Waals surface area contributed by atoms with Gasteiger partial charge in [0.15, 0.2) is 0 Å². The lowest BCUT2D eigenvalue weighted by Crippen LogP contribution is -2.39. The van der Waals surface area contributed by atoms with Crippen LogP contribution in [0.2, 0.25) is 0 Å². The quantitative estimate of drug-likeness (QED) is 0.852. The summed E-state index contributed by atoms with van der Waals surface area (Å²) in [5, 5.41) is 4.11. The molecule has 0 radical (unpaired) electrons. The van der Waals surface area contributed by atoms with E-state index < -0.39 is 0 Å². The summed E-state index contributed by atoms with van der Waals surface area (Å²) < 4.78 is 10.8. The highest BCUT2D eigenvalue weighted by atomic mass is 16.5. The van der Waals surface area contributed by atoms with E-state index in [0.29, 0.717) is 0 Å². The average Bonchev–Trinajstić information content (AvgIpc) is 3.22. The van der Waals surface area contributed by atoms with E-state index in [1.807, 2.05) is 6.92 Å². The third-order valence-corrected chi connectivity index (χ3v) is 6.18. The van der Waals surface area contributed by atoms with Crippen molar-refractivity contribution in [3.63, 3.8) is 0 Å². The third kappa shape index (κ3) is 3.06. The fourth-order valence-corrected chi connectivity index (χ4v) is 4.78. The molecule has 0 aliphatic carbocycles. The van der Waals surface area contributed by atoms with Gasteiger partial charge in [-0.1, -0.05) is 5.16 Å². The van der Waals surface area contributed by atoms with Crippen LogP contribution in [0.25, 0.3) is 0 Å². The Labute approximate surface area is 138 Å². The van der Waals surface area contributed by atoms with Crippen LogP contribution in [0.3, 0.4) is 0 Å². The Kier molecular flexibility index (Phi) is 4.43. The van der Waals surface area contributed by atoms with Crippen molar-refractivity contribution in [1.29, 1.82) is 0 Å². The standard InChI is InChI=1S/C18H29N3O2/c1-13-16(14(2)23-19-13)12-21-8-4-17-18(21)3-7-20(17)11-15-5-9-22-10-6-15/h15,17-18H,3-12H2,1-2H3/t17-,18+/m1/s1. The molecule has 5 nitrogen and oxygen atoms in total. The highest BCUT2D eigenvalue weighted by molar-refractivity contribution is 5.21. The Morgan fingerprint density at radius 3 is 2.39 bits per heavy atom. The minimum absolute atomic E-state index is 0.726. The summed E-state index contributed by atoms with van der Waals surface area (Å²) in [5.74, 6) is 1.84. The van der Waals surface area contributed by atoms with Gasteiger partial charge in [-0.05, 0) is 45.4 Å². The number of ether oxygens (including phenoxy) is 1. The largest absolute Gasteiger partial charge is 0.381 e. The number of likely N-dealkylation sites (tertiary alicyclic amines) is 2. The van der Waals surface area contributed by atoms with Crippen molar-refractivity contribution in [2.45, 2.75) is 58.2 Å². The van der Waals surface area contributed by atoms with E-state index in [4.69, 9.17) is 9.26 Å². The van der Waals surface area contributed by atoms with E-state index in [1.54, 1.807) is 0 Å². The second-order valence-electron chi connectivity index (χ2n) is 7.54. The van der Waals surface area contributed by atoms with Crippen molar-refractivity contribution in [3.05, 3.63) is 17.0 Å². The third-order valence-electron chi connectivity index (χ3n) is 6.18. The zero-order valence-corrected chi connectivity index (χ0v) is 14.5. The maximum atomic E-state index is 5.51. The monoisotopic (exact) mass is 319 g/mol. The second kappa shape index (κ2) is 6.54. The predicted molar refractivity (Wildman–Crippen MR) is 88.3 cm³/mol. The van der Waals surface area contributed by atoms with Crippen LogP contribution in [-0.4, -0.2) is 59.9 Å². The van der Waals surface area contributed by atoms with Gasteiger partial charge in [0.1, 0.15) is 5.76 Å². The molecule has 0 unspecified atom stereocenters. The first-order chi connectivity index (χ1) is 11.2. The summed E-state index contributed by atoms with van der Waals surface area (Å²) in [6.45, 7) is 10.8. The molecule has 3 aliphatic rings. The number of aryl methyl sites for hydroxylation is 2. The number of fused-ring (bicyclic) bond motifs is 1. The molecule has 3 saturated heterocycles. The molecule has 0 spiro atoms. The first-order valence-corrected chi connectivity index (χ1v) is 9.20. The number of hydrogen-bond acceptors (Lipinski definition) is 5. The van der Waals surface area contributed by atoms with Crippen LogP contribution in [0, 0.1) is 19.8 Å². The van der Waals surface area contributed by atoms with Crippen molar-refractivity contribution in [2.75, 3.05) is 32.8 Å². The Balaban J connectivity index is 1.37. The number of rotatable bonds is 4. The zero-order chi connectivity index (χ0) is 15.8. The summed E-state index contributed by atoms with van der Waals surface area (Å²) >= 11 is 0. The first-order valence-electron chi connectivity index (χ1n) is 9.20. The molecule has 1 aromatic heterocycles. The van der Waals surface area contributed by atoms with Crippen LogP contribution >= 0.6 is 0 Å². The summed E-state index contributed by atoms with van der Waals surface area (Å²) in [4.78, 5) is 5.44. The fourth-order valence-electron chi connectivity index (χ4n) is 4.78. The van der Waals surface area contributed by atoms with Crippen LogP contribution < -0.4 is 0 Å². The van der Waals surface area contributed by atoms with Gasteiger partial charge in [-0.25, -0.2) is 0 Å². The Hall–Kier alpha value is -0.910. The van der Waals surface area contributed by atoms with E-state index in [0.717, 1.165) is 49.2 Å². The Bertz CT molecular complexity index is 519. The molecular formula is C18H29N3O2. The Morgan fingerprint density at radius 2 is 1.70 bits per heavy atom. The average molecular weight is 319 g/mol. The molecule has 23 heavy (non-hydrogen) atoms. The van der Waals surface area contributed by atoms with E-state index in [2.05, 4.69) is 21.9 Å². The predicted octanol–water partition coefficient (Wildman–Crippen LogP) is 2.37. The molecule has 4 rings (SSSR count). The highest BCUT2D eigenvalue weighted by Gasteiger charge is 2.43. The minimum atomic E-state index is 0.726. The molecule has 5 heteroatoms. The molecule has 3 fully saturated rings. The molecular weight excluding hydrogens is 290 g/mol. The molecule has 1 aromatic rings. The molecule has 4 heterocycles. The van der Waals surface area contributed by atoms with E-state index >= 15 is 0 Å². The molecule has 128 valence electrons. The molecule has 2 atom stereocenters. The van der Waals surface area contributed by atoms with Crippen molar-refractivity contribution >= 4 is 0 Å². The molecule has 3 aliphatic heterocycles. The topological polar surface area (TPSA) is 41.7 Å².